The second-order valence-corrected chi connectivity index (χ2v) is 6.64. The van der Waals surface area contributed by atoms with Crippen molar-refractivity contribution in [1.82, 2.24) is 10.5 Å². The van der Waals surface area contributed by atoms with Crippen LogP contribution in [0.4, 0.5) is 0 Å². The summed E-state index contributed by atoms with van der Waals surface area (Å²) in [6.07, 6.45) is 2.25. The van der Waals surface area contributed by atoms with E-state index in [0.29, 0.717) is 18.2 Å². The van der Waals surface area contributed by atoms with Gasteiger partial charge in [-0.15, -0.1) is 0 Å². The summed E-state index contributed by atoms with van der Waals surface area (Å²) in [6.45, 7) is 2.55. The molecule has 0 aliphatic heterocycles. The molecule has 126 valence electrons. The van der Waals surface area contributed by atoms with Crippen molar-refractivity contribution >= 4 is 5.91 Å². The maximum atomic E-state index is 12.2. The van der Waals surface area contributed by atoms with Crippen LogP contribution in [0.15, 0.2) is 59.1 Å². The summed E-state index contributed by atoms with van der Waals surface area (Å²) in [5, 5.41) is 6.79. The van der Waals surface area contributed by atoms with E-state index in [9.17, 15) is 4.79 Å². The Balaban J connectivity index is 1.43. The molecule has 0 unspecified atom stereocenters. The summed E-state index contributed by atoms with van der Waals surface area (Å²) >= 11 is 0. The van der Waals surface area contributed by atoms with E-state index in [1.165, 1.54) is 11.1 Å². The summed E-state index contributed by atoms with van der Waals surface area (Å²) in [6, 6.07) is 18.4. The first-order valence-electron chi connectivity index (χ1n) is 8.60. The molecule has 1 fully saturated rings. The Kier molecular flexibility index (Phi) is 4.10. The van der Waals surface area contributed by atoms with Crippen molar-refractivity contribution in [3.05, 3.63) is 77.2 Å². The van der Waals surface area contributed by atoms with E-state index < -0.39 is 0 Å². The number of nitrogens with zero attached hydrogens (tertiary/aromatic N) is 1. The molecular formula is C21H20N2O2. The van der Waals surface area contributed by atoms with Crippen LogP contribution in [-0.4, -0.2) is 11.1 Å². The Morgan fingerprint density at radius 3 is 2.64 bits per heavy atom. The molecule has 1 heterocycles. The van der Waals surface area contributed by atoms with Crippen molar-refractivity contribution in [3.63, 3.8) is 0 Å². The molecule has 0 bridgehead atoms. The predicted octanol–water partition coefficient (Wildman–Crippen LogP) is 4.46. The predicted molar refractivity (Wildman–Crippen MR) is 96.3 cm³/mol. The minimum Gasteiger partial charge on any atom is -0.360 e. The lowest BCUT2D eigenvalue weighted by molar-refractivity contribution is 0.0941. The second-order valence-electron chi connectivity index (χ2n) is 6.64. The van der Waals surface area contributed by atoms with Gasteiger partial charge in [0, 0.05) is 18.5 Å². The van der Waals surface area contributed by atoms with E-state index in [0.717, 1.165) is 29.7 Å². The molecule has 1 aliphatic carbocycles. The highest BCUT2D eigenvalue weighted by Gasteiger charge is 2.28. The van der Waals surface area contributed by atoms with Crippen LogP contribution in [-0.2, 0) is 6.54 Å². The average Bonchev–Trinajstić information content (AvgIpc) is 3.37. The number of benzene rings is 2. The first-order valence-corrected chi connectivity index (χ1v) is 8.60. The Hall–Kier alpha value is -2.88. The zero-order chi connectivity index (χ0) is 17.2. The highest BCUT2D eigenvalue weighted by atomic mass is 16.5. The number of carbonyl (C=O) groups excluding carboxylic acids is 1. The van der Waals surface area contributed by atoms with Gasteiger partial charge in [0.15, 0.2) is 5.69 Å². The lowest BCUT2D eigenvalue weighted by Gasteiger charge is -2.07. The largest absolute Gasteiger partial charge is 0.360 e. The second kappa shape index (κ2) is 6.55. The third-order valence-corrected chi connectivity index (χ3v) is 4.47. The SMILES string of the molecule is Cc1cccc(-c2cccc(CNC(=O)c3cc(C4CC4)on3)c2)c1. The van der Waals surface area contributed by atoms with Gasteiger partial charge >= 0.3 is 0 Å². The van der Waals surface area contributed by atoms with Crippen LogP contribution in [0.5, 0.6) is 0 Å². The maximum absolute atomic E-state index is 12.2. The summed E-state index contributed by atoms with van der Waals surface area (Å²) < 4.78 is 5.24. The number of amides is 1. The van der Waals surface area contributed by atoms with Gasteiger partial charge in [-0.3, -0.25) is 4.79 Å². The number of hydrogen-bond acceptors (Lipinski definition) is 3. The summed E-state index contributed by atoms with van der Waals surface area (Å²) in [5.41, 5.74) is 4.97. The topological polar surface area (TPSA) is 55.1 Å². The molecule has 0 spiro atoms. The fraction of sp³-hybridized carbons (Fsp3) is 0.238. The molecule has 4 heteroatoms. The van der Waals surface area contributed by atoms with Crippen LogP contribution in [0.3, 0.4) is 0 Å². The van der Waals surface area contributed by atoms with Crippen molar-refractivity contribution in [3.8, 4) is 11.1 Å². The zero-order valence-corrected chi connectivity index (χ0v) is 14.2. The molecule has 4 rings (SSSR count). The molecule has 3 aromatic rings. The highest BCUT2D eigenvalue weighted by molar-refractivity contribution is 5.92. The molecule has 0 saturated heterocycles. The molecule has 2 aromatic carbocycles. The lowest BCUT2D eigenvalue weighted by Crippen LogP contribution is -2.23. The van der Waals surface area contributed by atoms with E-state index >= 15 is 0 Å². The first kappa shape index (κ1) is 15.6. The summed E-state index contributed by atoms with van der Waals surface area (Å²) in [5.74, 6) is 1.09. The van der Waals surface area contributed by atoms with Crippen LogP contribution in [0.25, 0.3) is 11.1 Å². The van der Waals surface area contributed by atoms with Gasteiger partial charge in [0.05, 0.1) is 0 Å². The van der Waals surface area contributed by atoms with E-state index in [4.69, 9.17) is 4.52 Å². The van der Waals surface area contributed by atoms with Crippen molar-refractivity contribution in [2.24, 2.45) is 0 Å². The van der Waals surface area contributed by atoms with E-state index in [-0.39, 0.29) is 5.91 Å². The first-order chi connectivity index (χ1) is 12.2. The Morgan fingerprint density at radius 1 is 1.12 bits per heavy atom. The van der Waals surface area contributed by atoms with Gasteiger partial charge in [0.2, 0.25) is 0 Å². The molecule has 1 saturated carbocycles. The normalized spacial score (nSPS) is 13.6. The van der Waals surface area contributed by atoms with Gasteiger partial charge in [-0.2, -0.15) is 0 Å². The van der Waals surface area contributed by atoms with Crippen LogP contribution in [0, 0.1) is 6.92 Å². The minimum absolute atomic E-state index is 0.198. The highest BCUT2D eigenvalue weighted by Crippen LogP contribution is 2.40. The Morgan fingerprint density at radius 2 is 1.88 bits per heavy atom. The number of hydrogen-bond donors (Lipinski definition) is 1. The summed E-state index contributed by atoms with van der Waals surface area (Å²) in [7, 11) is 0. The van der Waals surface area contributed by atoms with Crippen LogP contribution in [0.2, 0.25) is 0 Å². The van der Waals surface area contributed by atoms with Gasteiger partial charge in [-0.05, 0) is 42.5 Å². The number of aromatic nitrogens is 1. The fourth-order valence-corrected chi connectivity index (χ4v) is 2.91. The number of carbonyl (C=O) groups is 1. The molecule has 25 heavy (non-hydrogen) atoms. The van der Waals surface area contributed by atoms with Gasteiger partial charge in [0.1, 0.15) is 5.76 Å². The smallest absolute Gasteiger partial charge is 0.273 e. The molecule has 1 N–H and O–H groups in total. The van der Waals surface area contributed by atoms with E-state index in [1.807, 2.05) is 12.1 Å². The van der Waals surface area contributed by atoms with Crippen LogP contribution in [0.1, 0.15) is 46.1 Å². The van der Waals surface area contributed by atoms with Crippen LogP contribution < -0.4 is 5.32 Å². The van der Waals surface area contributed by atoms with Gasteiger partial charge in [-0.1, -0.05) is 53.2 Å². The van der Waals surface area contributed by atoms with Crippen molar-refractivity contribution in [1.29, 1.82) is 0 Å². The molecule has 0 atom stereocenters. The molecule has 4 nitrogen and oxygen atoms in total. The molecule has 1 aromatic heterocycles. The third-order valence-electron chi connectivity index (χ3n) is 4.47. The standard InChI is InChI=1S/C21H20N2O2/c1-14-4-2-6-17(10-14)18-7-3-5-15(11-18)13-22-21(24)19-12-20(25-23-19)16-8-9-16/h2-7,10-12,16H,8-9,13H2,1H3,(H,22,24). The summed E-state index contributed by atoms with van der Waals surface area (Å²) in [4.78, 5) is 12.2. The van der Waals surface area contributed by atoms with E-state index in [2.05, 4.69) is 53.8 Å². The lowest BCUT2D eigenvalue weighted by atomic mass is 10.0. The van der Waals surface area contributed by atoms with E-state index in [1.54, 1.807) is 6.07 Å². The fourth-order valence-electron chi connectivity index (χ4n) is 2.91. The van der Waals surface area contributed by atoms with Crippen molar-refractivity contribution < 1.29 is 9.32 Å². The van der Waals surface area contributed by atoms with Gasteiger partial charge in [-0.25, -0.2) is 0 Å². The van der Waals surface area contributed by atoms with Crippen molar-refractivity contribution in [2.75, 3.05) is 0 Å². The zero-order valence-electron chi connectivity index (χ0n) is 14.2. The average molecular weight is 332 g/mol. The molecule has 0 radical (unpaired) electrons. The maximum Gasteiger partial charge on any atom is 0.273 e. The Bertz CT molecular complexity index is 910. The van der Waals surface area contributed by atoms with Crippen molar-refractivity contribution in [2.45, 2.75) is 32.2 Å². The minimum atomic E-state index is -0.198. The third kappa shape index (κ3) is 3.63. The molecule has 1 aliphatic rings. The van der Waals surface area contributed by atoms with Crippen LogP contribution >= 0.6 is 0 Å². The monoisotopic (exact) mass is 332 g/mol. The van der Waals surface area contributed by atoms with Gasteiger partial charge < -0.3 is 9.84 Å². The van der Waals surface area contributed by atoms with Gasteiger partial charge in [0.25, 0.3) is 5.91 Å². The Labute approximate surface area is 146 Å². The number of rotatable bonds is 5. The quantitative estimate of drug-likeness (QED) is 0.750. The number of nitrogens with one attached hydrogen (secondary N) is 1. The number of aryl methyl sites for hydroxylation is 1. The molecule has 1 amide bonds. The molecular weight excluding hydrogens is 312 g/mol.